The highest BCUT2D eigenvalue weighted by atomic mass is 16.2. The van der Waals surface area contributed by atoms with Crippen LogP contribution in [0.25, 0.3) is 0 Å². The van der Waals surface area contributed by atoms with Crippen LogP contribution in [0.15, 0.2) is 0 Å². The summed E-state index contributed by atoms with van der Waals surface area (Å²) in [6.07, 6.45) is 0.993. The number of carbonyl (C=O) groups excluding carboxylic acids is 1. The first-order valence-corrected chi connectivity index (χ1v) is 5.37. The van der Waals surface area contributed by atoms with Crippen LogP contribution in [0, 0.1) is 0 Å². The molecule has 2 N–H and O–H groups in total. The minimum absolute atomic E-state index is 0.0198. The first kappa shape index (κ1) is 11.5. The molecule has 0 aromatic rings. The molecular formula is C10H21N3O. The Morgan fingerprint density at radius 1 is 1.64 bits per heavy atom. The Labute approximate surface area is 86.0 Å². The van der Waals surface area contributed by atoms with Gasteiger partial charge >= 0.3 is 0 Å². The van der Waals surface area contributed by atoms with Gasteiger partial charge in [-0.3, -0.25) is 9.69 Å². The summed E-state index contributed by atoms with van der Waals surface area (Å²) in [6.45, 7) is 6.80. The zero-order valence-electron chi connectivity index (χ0n) is 9.34. The molecule has 1 aliphatic rings. The van der Waals surface area contributed by atoms with Crippen LogP contribution >= 0.6 is 0 Å². The van der Waals surface area contributed by atoms with Crippen molar-refractivity contribution in [3.63, 3.8) is 0 Å². The minimum atomic E-state index is -0.0198. The number of carbonyl (C=O) groups is 1. The van der Waals surface area contributed by atoms with E-state index in [9.17, 15) is 4.79 Å². The topological polar surface area (TPSA) is 44.4 Å². The molecule has 4 nitrogen and oxygen atoms in total. The van der Waals surface area contributed by atoms with Crippen molar-refractivity contribution in [1.29, 1.82) is 0 Å². The number of nitrogens with zero attached hydrogens (tertiary/aromatic N) is 1. The minimum Gasteiger partial charge on any atom is -0.355 e. The van der Waals surface area contributed by atoms with Gasteiger partial charge in [0.25, 0.3) is 0 Å². The Balaban J connectivity index is 2.30. The van der Waals surface area contributed by atoms with Gasteiger partial charge < -0.3 is 10.6 Å². The molecule has 0 aliphatic carbocycles. The second-order valence-corrected chi connectivity index (χ2v) is 3.94. The van der Waals surface area contributed by atoms with Gasteiger partial charge in [0.15, 0.2) is 0 Å². The van der Waals surface area contributed by atoms with E-state index in [4.69, 9.17) is 0 Å². The zero-order chi connectivity index (χ0) is 10.6. The van der Waals surface area contributed by atoms with E-state index >= 15 is 0 Å². The molecule has 0 spiro atoms. The molecular weight excluding hydrogens is 178 g/mol. The molecule has 1 fully saturated rings. The van der Waals surface area contributed by atoms with Crippen molar-refractivity contribution < 1.29 is 4.79 Å². The average molecular weight is 199 g/mol. The smallest absolute Gasteiger partial charge is 0.237 e. The molecule has 1 saturated heterocycles. The highest BCUT2D eigenvalue weighted by Crippen LogP contribution is 2.06. The molecule has 14 heavy (non-hydrogen) atoms. The highest BCUT2D eigenvalue weighted by molar-refractivity contribution is 5.81. The van der Waals surface area contributed by atoms with E-state index < -0.39 is 0 Å². The Morgan fingerprint density at radius 3 is 2.71 bits per heavy atom. The van der Waals surface area contributed by atoms with Crippen molar-refractivity contribution in [2.75, 3.05) is 26.7 Å². The first-order chi connectivity index (χ1) is 6.66. The third-order valence-corrected chi connectivity index (χ3v) is 2.88. The van der Waals surface area contributed by atoms with Gasteiger partial charge in [-0.2, -0.15) is 0 Å². The maximum atomic E-state index is 11.6. The lowest BCUT2D eigenvalue weighted by atomic mass is 10.1. The van der Waals surface area contributed by atoms with E-state index in [2.05, 4.69) is 22.5 Å². The lowest BCUT2D eigenvalue weighted by molar-refractivity contribution is -0.126. The molecule has 1 aliphatic heterocycles. The molecule has 0 saturated carbocycles. The largest absolute Gasteiger partial charge is 0.355 e. The van der Waals surface area contributed by atoms with Crippen LogP contribution in [0.1, 0.15) is 20.3 Å². The van der Waals surface area contributed by atoms with Gasteiger partial charge in [0, 0.05) is 25.7 Å². The molecule has 1 amide bonds. The second-order valence-electron chi connectivity index (χ2n) is 3.94. The Kier molecular flexibility index (Phi) is 4.35. The van der Waals surface area contributed by atoms with Crippen LogP contribution in [0.4, 0.5) is 0 Å². The summed E-state index contributed by atoms with van der Waals surface area (Å²) in [7, 11) is 2.02. The highest BCUT2D eigenvalue weighted by Gasteiger charge is 2.28. The van der Waals surface area contributed by atoms with Crippen molar-refractivity contribution >= 4 is 5.91 Å². The molecule has 1 rings (SSSR count). The van der Waals surface area contributed by atoms with Gasteiger partial charge in [-0.1, -0.05) is 6.92 Å². The Morgan fingerprint density at radius 2 is 2.29 bits per heavy atom. The van der Waals surface area contributed by atoms with Crippen LogP contribution in [0.3, 0.4) is 0 Å². The first-order valence-electron chi connectivity index (χ1n) is 5.37. The molecule has 0 aromatic heterocycles. The van der Waals surface area contributed by atoms with E-state index in [0.717, 1.165) is 26.1 Å². The van der Waals surface area contributed by atoms with Gasteiger partial charge in [-0.05, 0) is 20.4 Å². The Hall–Kier alpha value is -0.610. The fourth-order valence-electron chi connectivity index (χ4n) is 1.46. The fourth-order valence-corrected chi connectivity index (χ4v) is 1.46. The van der Waals surface area contributed by atoms with Crippen LogP contribution < -0.4 is 10.6 Å². The number of hydrogen-bond acceptors (Lipinski definition) is 3. The number of amides is 1. The summed E-state index contributed by atoms with van der Waals surface area (Å²) in [5.41, 5.74) is 0. The summed E-state index contributed by atoms with van der Waals surface area (Å²) in [5.74, 6) is 0.140. The van der Waals surface area contributed by atoms with Crippen LogP contribution in [-0.2, 0) is 4.79 Å². The number of likely N-dealkylation sites (N-methyl/N-ethyl adjacent to an activating group) is 1. The molecule has 1 atom stereocenters. The summed E-state index contributed by atoms with van der Waals surface area (Å²) >= 11 is 0. The van der Waals surface area contributed by atoms with Gasteiger partial charge in [0.2, 0.25) is 5.91 Å². The van der Waals surface area contributed by atoms with Gasteiger partial charge in [0.05, 0.1) is 6.04 Å². The third kappa shape index (κ3) is 2.69. The van der Waals surface area contributed by atoms with E-state index in [-0.39, 0.29) is 11.9 Å². The van der Waals surface area contributed by atoms with Gasteiger partial charge in [-0.15, -0.1) is 0 Å². The molecule has 0 bridgehead atoms. The monoisotopic (exact) mass is 199 g/mol. The van der Waals surface area contributed by atoms with Gasteiger partial charge in [-0.25, -0.2) is 0 Å². The lowest BCUT2D eigenvalue weighted by Gasteiger charge is -2.38. The predicted molar refractivity (Wildman–Crippen MR) is 57.2 cm³/mol. The van der Waals surface area contributed by atoms with Crippen molar-refractivity contribution in [2.24, 2.45) is 0 Å². The second kappa shape index (κ2) is 5.32. The number of nitrogens with one attached hydrogen (secondary N) is 2. The molecule has 1 heterocycles. The summed E-state index contributed by atoms with van der Waals surface area (Å²) in [6, 6.07) is 0.506. The zero-order valence-corrected chi connectivity index (χ0v) is 9.34. The van der Waals surface area contributed by atoms with E-state index in [1.165, 1.54) is 0 Å². The van der Waals surface area contributed by atoms with Crippen LogP contribution in [0.2, 0.25) is 0 Å². The molecule has 4 heteroatoms. The number of rotatable bonds is 5. The van der Waals surface area contributed by atoms with Crippen LogP contribution in [0.5, 0.6) is 0 Å². The third-order valence-electron chi connectivity index (χ3n) is 2.88. The normalized spacial score (nSPS) is 19.1. The Bertz CT molecular complexity index is 192. The van der Waals surface area contributed by atoms with Crippen molar-refractivity contribution in [3.8, 4) is 0 Å². The molecule has 82 valence electrons. The van der Waals surface area contributed by atoms with E-state index in [0.29, 0.717) is 6.04 Å². The maximum absolute atomic E-state index is 11.6. The number of hydrogen-bond donors (Lipinski definition) is 2. The van der Waals surface area contributed by atoms with Crippen molar-refractivity contribution in [2.45, 2.75) is 32.4 Å². The predicted octanol–water partition coefficient (Wildman–Crippen LogP) is -0.195. The summed E-state index contributed by atoms with van der Waals surface area (Å²) in [4.78, 5) is 13.8. The quantitative estimate of drug-likeness (QED) is 0.645. The fraction of sp³-hybridized carbons (Fsp3) is 0.900. The standard InChI is InChI=1S/C10H21N3O/c1-4-5-12-10(14)8(2)13(3)9-6-11-7-9/h8-9,11H,4-7H2,1-3H3,(H,12,14). The lowest BCUT2D eigenvalue weighted by Crippen LogP contribution is -2.60. The van der Waals surface area contributed by atoms with Crippen molar-refractivity contribution in [3.05, 3.63) is 0 Å². The summed E-state index contributed by atoms with van der Waals surface area (Å²) in [5, 5.41) is 6.12. The molecule has 0 aromatic carbocycles. The van der Waals surface area contributed by atoms with E-state index in [1.54, 1.807) is 0 Å². The van der Waals surface area contributed by atoms with Crippen LogP contribution in [-0.4, -0.2) is 49.6 Å². The maximum Gasteiger partial charge on any atom is 0.237 e. The van der Waals surface area contributed by atoms with E-state index in [1.807, 2.05) is 14.0 Å². The molecule has 1 unspecified atom stereocenters. The van der Waals surface area contributed by atoms with Gasteiger partial charge in [0.1, 0.15) is 0 Å². The van der Waals surface area contributed by atoms with Crippen molar-refractivity contribution in [1.82, 2.24) is 15.5 Å². The SMILES string of the molecule is CCCNC(=O)C(C)N(C)C1CNC1. The molecule has 0 radical (unpaired) electrons. The summed E-state index contributed by atoms with van der Waals surface area (Å²) < 4.78 is 0. The average Bonchev–Trinajstić information content (AvgIpc) is 2.10.